The Morgan fingerprint density at radius 1 is 1.32 bits per heavy atom. The van der Waals surface area contributed by atoms with Crippen molar-refractivity contribution in [2.45, 2.75) is 37.6 Å². The number of hydrogen-bond acceptors (Lipinski definition) is 3. The lowest BCUT2D eigenvalue weighted by atomic mass is 9.89. The van der Waals surface area contributed by atoms with Crippen molar-refractivity contribution in [1.82, 2.24) is 5.32 Å². The zero-order valence-electron chi connectivity index (χ0n) is 11.1. The second-order valence-corrected chi connectivity index (χ2v) is 5.23. The van der Waals surface area contributed by atoms with E-state index in [9.17, 15) is 4.79 Å². The van der Waals surface area contributed by atoms with Gasteiger partial charge < -0.3 is 16.2 Å². The van der Waals surface area contributed by atoms with Crippen LogP contribution in [0, 0.1) is 0 Å². The summed E-state index contributed by atoms with van der Waals surface area (Å²) in [5.41, 5.74) is 8.40. The Morgan fingerprint density at radius 2 is 1.95 bits per heavy atom. The highest BCUT2D eigenvalue weighted by molar-refractivity contribution is 5.66. The van der Waals surface area contributed by atoms with Gasteiger partial charge in [0, 0.05) is 12.5 Å². The zero-order chi connectivity index (χ0) is 13.7. The molecule has 0 radical (unpaired) electrons. The second-order valence-electron chi connectivity index (χ2n) is 5.23. The number of piperidine rings is 1. The first-order valence-electron chi connectivity index (χ1n) is 6.95. The minimum atomic E-state index is -0.790. The highest BCUT2D eigenvalue weighted by Crippen LogP contribution is 2.26. The van der Waals surface area contributed by atoms with Gasteiger partial charge in [0.1, 0.15) is 0 Å². The van der Waals surface area contributed by atoms with Crippen molar-refractivity contribution in [3.05, 3.63) is 35.4 Å². The predicted molar refractivity (Wildman–Crippen MR) is 75.1 cm³/mol. The third-order valence-electron chi connectivity index (χ3n) is 3.84. The van der Waals surface area contributed by atoms with E-state index in [1.807, 2.05) is 12.1 Å². The maximum atomic E-state index is 10.5. The van der Waals surface area contributed by atoms with Gasteiger partial charge >= 0.3 is 5.97 Å². The van der Waals surface area contributed by atoms with Gasteiger partial charge in [0.05, 0.1) is 0 Å². The Kier molecular flexibility index (Phi) is 4.93. The molecule has 4 heteroatoms. The maximum absolute atomic E-state index is 10.5. The average molecular weight is 262 g/mol. The number of carbonyl (C=O) groups is 1. The van der Waals surface area contributed by atoms with E-state index in [1.54, 1.807) is 0 Å². The Balaban J connectivity index is 1.95. The van der Waals surface area contributed by atoms with Crippen LogP contribution in [0.4, 0.5) is 0 Å². The lowest BCUT2D eigenvalue weighted by Gasteiger charge is -2.23. The van der Waals surface area contributed by atoms with Gasteiger partial charge in [-0.25, -0.2) is 0 Å². The predicted octanol–water partition coefficient (Wildman–Crippen LogP) is 2.02. The van der Waals surface area contributed by atoms with Gasteiger partial charge in [0.2, 0.25) is 0 Å². The minimum absolute atomic E-state index is 0.122. The van der Waals surface area contributed by atoms with E-state index in [2.05, 4.69) is 17.4 Å². The summed E-state index contributed by atoms with van der Waals surface area (Å²) in [4.78, 5) is 10.5. The number of aliphatic carboxylic acids is 1. The zero-order valence-corrected chi connectivity index (χ0v) is 11.1. The number of carboxylic acid groups (broad SMARTS) is 1. The molecule has 0 spiro atoms. The molecule has 4 N–H and O–H groups in total. The molecule has 1 unspecified atom stereocenters. The largest absolute Gasteiger partial charge is 0.481 e. The molecular weight excluding hydrogens is 240 g/mol. The molecule has 1 fully saturated rings. The quantitative estimate of drug-likeness (QED) is 0.759. The van der Waals surface area contributed by atoms with Crippen molar-refractivity contribution < 1.29 is 9.90 Å². The van der Waals surface area contributed by atoms with Crippen LogP contribution in [0.2, 0.25) is 0 Å². The number of benzene rings is 1. The summed E-state index contributed by atoms with van der Waals surface area (Å²) in [6.07, 6.45) is 2.98. The lowest BCUT2D eigenvalue weighted by molar-refractivity contribution is -0.137. The SMILES string of the molecule is NC(CCC(=O)O)c1ccc(C2CCNCC2)cc1. The number of nitrogens with one attached hydrogen (secondary N) is 1. The molecule has 1 atom stereocenters. The van der Waals surface area contributed by atoms with E-state index in [0.29, 0.717) is 12.3 Å². The molecule has 0 aromatic heterocycles. The Hall–Kier alpha value is -1.39. The molecule has 1 aromatic rings. The van der Waals surface area contributed by atoms with Crippen molar-refractivity contribution in [1.29, 1.82) is 0 Å². The van der Waals surface area contributed by atoms with E-state index < -0.39 is 5.97 Å². The van der Waals surface area contributed by atoms with Crippen LogP contribution in [0.1, 0.15) is 48.8 Å². The average Bonchev–Trinajstić information content (AvgIpc) is 2.46. The van der Waals surface area contributed by atoms with Gasteiger partial charge in [-0.2, -0.15) is 0 Å². The van der Waals surface area contributed by atoms with E-state index in [0.717, 1.165) is 18.7 Å². The fourth-order valence-electron chi connectivity index (χ4n) is 2.62. The molecule has 1 aliphatic rings. The van der Waals surface area contributed by atoms with Crippen LogP contribution in [0.3, 0.4) is 0 Å². The third kappa shape index (κ3) is 4.04. The molecule has 19 heavy (non-hydrogen) atoms. The maximum Gasteiger partial charge on any atom is 0.303 e. The molecule has 1 saturated heterocycles. The summed E-state index contributed by atoms with van der Waals surface area (Å²) in [7, 11) is 0. The first-order chi connectivity index (χ1) is 9.16. The van der Waals surface area contributed by atoms with E-state index in [1.165, 1.54) is 18.4 Å². The normalized spacial score (nSPS) is 18.2. The molecule has 2 rings (SSSR count). The van der Waals surface area contributed by atoms with Crippen molar-refractivity contribution in [2.24, 2.45) is 5.73 Å². The van der Waals surface area contributed by atoms with Crippen LogP contribution in [0.15, 0.2) is 24.3 Å². The summed E-state index contributed by atoms with van der Waals surface area (Å²) in [5, 5.41) is 12.0. The number of rotatable bonds is 5. The summed E-state index contributed by atoms with van der Waals surface area (Å²) in [6, 6.07) is 8.20. The van der Waals surface area contributed by atoms with Crippen LogP contribution < -0.4 is 11.1 Å². The standard InChI is InChI=1S/C15H22N2O2/c16-14(5-6-15(18)19)13-3-1-11(2-4-13)12-7-9-17-10-8-12/h1-4,12,14,17H,5-10,16H2,(H,18,19). The first-order valence-corrected chi connectivity index (χ1v) is 6.95. The van der Waals surface area contributed by atoms with Crippen LogP contribution in [-0.4, -0.2) is 24.2 Å². The monoisotopic (exact) mass is 262 g/mol. The third-order valence-corrected chi connectivity index (χ3v) is 3.84. The van der Waals surface area contributed by atoms with Crippen molar-refractivity contribution >= 4 is 5.97 Å². The fourth-order valence-corrected chi connectivity index (χ4v) is 2.62. The van der Waals surface area contributed by atoms with E-state index in [4.69, 9.17) is 10.8 Å². The highest BCUT2D eigenvalue weighted by atomic mass is 16.4. The fraction of sp³-hybridized carbons (Fsp3) is 0.533. The molecule has 4 nitrogen and oxygen atoms in total. The molecule has 0 aliphatic carbocycles. The van der Waals surface area contributed by atoms with Gasteiger partial charge in [-0.1, -0.05) is 24.3 Å². The molecule has 1 aromatic carbocycles. The molecule has 0 amide bonds. The summed E-state index contributed by atoms with van der Waals surface area (Å²) in [6.45, 7) is 2.18. The van der Waals surface area contributed by atoms with Crippen molar-refractivity contribution in [2.75, 3.05) is 13.1 Å². The molecule has 0 bridgehead atoms. The highest BCUT2D eigenvalue weighted by Gasteiger charge is 2.15. The van der Waals surface area contributed by atoms with Crippen LogP contribution in [0.5, 0.6) is 0 Å². The summed E-state index contributed by atoms with van der Waals surface area (Å²) < 4.78 is 0. The van der Waals surface area contributed by atoms with Crippen molar-refractivity contribution in [3.8, 4) is 0 Å². The number of nitrogens with two attached hydrogens (primary N) is 1. The molecule has 1 heterocycles. The van der Waals surface area contributed by atoms with Gasteiger partial charge in [-0.15, -0.1) is 0 Å². The van der Waals surface area contributed by atoms with Gasteiger partial charge in [0.15, 0.2) is 0 Å². The smallest absolute Gasteiger partial charge is 0.303 e. The van der Waals surface area contributed by atoms with Gasteiger partial charge in [-0.05, 0) is 49.4 Å². The first kappa shape index (κ1) is 14.0. The number of carboxylic acids is 1. The van der Waals surface area contributed by atoms with Crippen molar-refractivity contribution in [3.63, 3.8) is 0 Å². The second kappa shape index (κ2) is 6.68. The van der Waals surface area contributed by atoms with Gasteiger partial charge in [0.25, 0.3) is 0 Å². The van der Waals surface area contributed by atoms with Crippen LogP contribution in [0.25, 0.3) is 0 Å². The lowest BCUT2D eigenvalue weighted by Crippen LogP contribution is -2.26. The molecule has 104 valence electrons. The Bertz CT molecular complexity index is 411. The topological polar surface area (TPSA) is 75.4 Å². The Morgan fingerprint density at radius 3 is 2.53 bits per heavy atom. The van der Waals surface area contributed by atoms with Crippen LogP contribution >= 0.6 is 0 Å². The molecule has 1 aliphatic heterocycles. The summed E-state index contributed by atoms with van der Waals surface area (Å²) in [5.74, 6) is -0.146. The Labute approximate surface area is 114 Å². The van der Waals surface area contributed by atoms with E-state index in [-0.39, 0.29) is 12.5 Å². The number of hydrogen-bond donors (Lipinski definition) is 3. The molecular formula is C15H22N2O2. The summed E-state index contributed by atoms with van der Waals surface area (Å²) >= 11 is 0. The van der Waals surface area contributed by atoms with Gasteiger partial charge in [-0.3, -0.25) is 4.79 Å². The van der Waals surface area contributed by atoms with Crippen LogP contribution in [-0.2, 0) is 4.79 Å². The molecule has 0 saturated carbocycles. The minimum Gasteiger partial charge on any atom is -0.481 e. The van der Waals surface area contributed by atoms with E-state index >= 15 is 0 Å².